The van der Waals surface area contributed by atoms with Crippen molar-refractivity contribution >= 4 is 10.8 Å². The fourth-order valence-corrected chi connectivity index (χ4v) is 2.27. The van der Waals surface area contributed by atoms with Crippen LogP contribution in [-0.4, -0.2) is 0 Å². The van der Waals surface area contributed by atoms with Crippen molar-refractivity contribution in [2.75, 3.05) is 0 Å². The fraction of sp³-hybridized carbons (Fsp3) is 0.0526. The maximum atomic E-state index is 13.7. The zero-order valence-corrected chi connectivity index (χ0v) is 12.1. The predicted octanol–water partition coefficient (Wildman–Crippen LogP) is 5.10. The number of aryl methyl sites for hydroxylation is 1. The summed E-state index contributed by atoms with van der Waals surface area (Å²) in [5.41, 5.74) is 0.595. The first-order valence-electron chi connectivity index (χ1n) is 6.80. The van der Waals surface area contributed by atoms with Gasteiger partial charge >= 0.3 is 0 Å². The molecule has 4 heteroatoms. The van der Waals surface area contributed by atoms with Gasteiger partial charge in [-0.2, -0.15) is 0 Å². The minimum Gasteiger partial charge on any atom is -0.206 e. The summed E-state index contributed by atoms with van der Waals surface area (Å²) >= 11 is 0. The molecule has 0 fully saturated rings. The molecule has 23 heavy (non-hydrogen) atoms. The molecule has 0 radical (unpaired) electrons. The van der Waals surface area contributed by atoms with E-state index in [1.165, 1.54) is 18.2 Å². The van der Waals surface area contributed by atoms with Crippen molar-refractivity contribution in [1.82, 2.24) is 0 Å². The molecule has 0 N–H and O–H groups in total. The Morgan fingerprint density at radius 2 is 1.26 bits per heavy atom. The molecule has 0 aliphatic carbocycles. The lowest BCUT2D eigenvalue weighted by Crippen LogP contribution is -1.91. The van der Waals surface area contributed by atoms with E-state index in [9.17, 15) is 17.6 Å². The molecule has 0 aliphatic rings. The van der Waals surface area contributed by atoms with Crippen LogP contribution in [0, 0.1) is 42.0 Å². The molecule has 3 aromatic rings. The van der Waals surface area contributed by atoms with Gasteiger partial charge in [0.25, 0.3) is 0 Å². The summed E-state index contributed by atoms with van der Waals surface area (Å²) in [5, 5.41) is 0.975. The normalized spacial score (nSPS) is 10.5. The Hall–Kier alpha value is -2.80. The molecule has 0 unspecified atom stereocenters. The molecule has 0 heterocycles. The molecule has 3 aromatic carbocycles. The van der Waals surface area contributed by atoms with Crippen LogP contribution in [0.4, 0.5) is 17.6 Å². The van der Waals surface area contributed by atoms with E-state index in [2.05, 4.69) is 11.8 Å². The van der Waals surface area contributed by atoms with E-state index >= 15 is 0 Å². The third kappa shape index (κ3) is 3.04. The van der Waals surface area contributed by atoms with Crippen molar-refractivity contribution in [3.8, 4) is 11.8 Å². The Bertz CT molecular complexity index is 955. The van der Waals surface area contributed by atoms with Crippen molar-refractivity contribution in [3.63, 3.8) is 0 Å². The number of benzene rings is 3. The summed E-state index contributed by atoms with van der Waals surface area (Å²) in [4.78, 5) is 0. The minimum absolute atomic E-state index is 0.319. The molecule has 0 amide bonds. The van der Waals surface area contributed by atoms with E-state index in [1.54, 1.807) is 19.1 Å². The minimum atomic E-state index is -0.960. The Labute approximate surface area is 130 Å². The molecule has 3 rings (SSSR count). The standard InChI is InChI=1S/C19H10F4/c1-11-6-16(20)15(17(21)7-11)5-3-12-2-4-13-9-18(22)19(23)10-14(13)8-12/h2,4,6-10H,1H3. The largest absolute Gasteiger partial charge is 0.206 e. The van der Waals surface area contributed by atoms with Crippen molar-refractivity contribution in [2.45, 2.75) is 6.92 Å². The molecule has 0 saturated heterocycles. The Balaban J connectivity index is 2.05. The average molecular weight is 314 g/mol. The number of hydrogen-bond acceptors (Lipinski definition) is 0. The Morgan fingerprint density at radius 3 is 1.91 bits per heavy atom. The van der Waals surface area contributed by atoms with Gasteiger partial charge < -0.3 is 0 Å². The number of rotatable bonds is 0. The van der Waals surface area contributed by atoms with Gasteiger partial charge in [0.1, 0.15) is 11.6 Å². The van der Waals surface area contributed by atoms with E-state index in [1.807, 2.05) is 0 Å². The topological polar surface area (TPSA) is 0 Å². The molecular weight excluding hydrogens is 304 g/mol. The van der Waals surface area contributed by atoms with Gasteiger partial charge in [0.2, 0.25) is 0 Å². The summed E-state index contributed by atoms with van der Waals surface area (Å²) in [6, 6.07) is 9.23. The highest BCUT2D eigenvalue weighted by atomic mass is 19.2. The van der Waals surface area contributed by atoms with Gasteiger partial charge in [-0.1, -0.05) is 17.9 Å². The van der Waals surface area contributed by atoms with Gasteiger partial charge in [-0.25, -0.2) is 17.6 Å². The zero-order chi connectivity index (χ0) is 16.6. The first kappa shape index (κ1) is 15.1. The lowest BCUT2D eigenvalue weighted by molar-refractivity contribution is 0.511. The molecular formula is C19H10F4. The van der Waals surface area contributed by atoms with Gasteiger partial charge in [0.15, 0.2) is 11.6 Å². The van der Waals surface area contributed by atoms with Crippen LogP contribution in [0.1, 0.15) is 16.7 Å². The van der Waals surface area contributed by atoms with Crippen molar-refractivity contribution in [3.05, 3.63) is 82.4 Å². The van der Waals surface area contributed by atoms with E-state index in [4.69, 9.17) is 0 Å². The molecule has 0 atom stereocenters. The van der Waals surface area contributed by atoms with Crippen molar-refractivity contribution in [2.24, 2.45) is 0 Å². The van der Waals surface area contributed by atoms with Crippen LogP contribution in [0.2, 0.25) is 0 Å². The van der Waals surface area contributed by atoms with Crippen LogP contribution in [-0.2, 0) is 0 Å². The highest BCUT2D eigenvalue weighted by molar-refractivity contribution is 5.84. The Morgan fingerprint density at radius 1 is 0.652 bits per heavy atom. The van der Waals surface area contributed by atoms with E-state index < -0.39 is 23.3 Å². The van der Waals surface area contributed by atoms with Gasteiger partial charge in [-0.3, -0.25) is 0 Å². The van der Waals surface area contributed by atoms with Gasteiger partial charge in [0, 0.05) is 5.56 Å². The highest BCUT2D eigenvalue weighted by Gasteiger charge is 2.07. The lowest BCUT2D eigenvalue weighted by atomic mass is 10.1. The predicted molar refractivity (Wildman–Crippen MR) is 80.9 cm³/mol. The van der Waals surface area contributed by atoms with E-state index in [0.717, 1.165) is 12.1 Å². The lowest BCUT2D eigenvalue weighted by Gasteiger charge is -2.01. The zero-order valence-electron chi connectivity index (χ0n) is 12.1. The second-order valence-corrected chi connectivity index (χ2v) is 5.18. The van der Waals surface area contributed by atoms with E-state index in [0.29, 0.717) is 21.9 Å². The smallest absolute Gasteiger partial charge is 0.159 e. The van der Waals surface area contributed by atoms with Gasteiger partial charge in [-0.05, 0) is 59.7 Å². The van der Waals surface area contributed by atoms with Crippen LogP contribution in [0.3, 0.4) is 0 Å². The third-order valence-corrected chi connectivity index (χ3v) is 3.40. The van der Waals surface area contributed by atoms with Gasteiger partial charge in [-0.15, -0.1) is 0 Å². The number of hydrogen-bond donors (Lipinski definition) is 0. The molecule has 0 aromatic heterocycles. The van der Waals surface area contributed by atoms with Gasteiger partial charge in [0.05, 0.1) is 5.56 Å². The third-order valence-electron chi connectivity index (χ3n) is 3.40. The quantitative estimate of drug-likeness (QED) is 0.400. The van der Waals surface area contributed by atoms with Crippen LogP contribution in [0.5, 0.6) is 0 Å². The monoisotopic (exact) mass is 314 g/mol. The summed E-state index contributed by atoms with van der Waals surface area (Å²) < 4.78 is 53.9. The number of halogens is 4. The fourth-order valence-electron chi connectivity index (χ4n) is 2.27. The summed E-state index contributed by atoms with van der Waals surface area (Å²) in [5.74, 6) is 1.73. The first-order valence-corrected chi connectivity index (χ1v) is 6.80. The Kier molecular flexibility index (Phi) is 3.79. The van der Waals surface area contributed by atoms with Crippen LogP contribution < -0.4 is 0 Å². The SMILES string of the molecule is Cc1cc(F)c(C#Cc2ccc3cc(F)c(F)cc3c2)c(F)c1. The highest BCUT2D eigenvalue weighted by Crippen LogP contribution is 2.20. The molecule has 0 bridgehead atoms. The van der Waals surface area contributed by atoms with Crippen LogP contribution >= 0.6 is 0 Å². The van der Waals surface area contributed by atoms with Crippen molar-refractivity contribution < 1.29 is 17.6 Å². The van der Waals surface area contributed by atoms with Crippen molar-refractivity contribution in [1.29, 1.82) is 0 Å². The molecule has 0 spiro atoms. The summed E-state index contributed by atoms with van der Waals surface area (Å²) in [6.07, 6.45) is 0. The maximum Gasteiger partial charge on any atom is 0.159 e. The van der Waals surface area contributed by atoms with E-state index in [-0.39, 0.29) is 5.56 Å². The molecule has 0 aliphatic heterocycles. The molecule has 0 saturated carbocycles. The molecule has 0 nitrogen and oxygen atoms in total. The summed E-state index contributed by atoms with van der Waals surface area (Å²) in [7, 11) is 0. The van der Waals surface area contributed by atoms with Crippen LogP contribution in [0.15, 0.2) is 42.5 Å². The average Bonchev–Trinajstić information content (AvgIpc) is 2.47. The number of fused-ring (bicyclic) bond motifs is 1. The second kappa shape index (κ2) is 5.77. The summed E-state index contributed by atoms with van der Waals surface area (Å²) in [6.45, 7) is 1.58. The molecule has 114 valence electrons. The second-order valence-electron chi connectivity index (χ2n) is 5.18. The van der Waals surface area contributed by atoms with Crippen LogP contribution in [0.25, 0.3) is 10.8 Å². The first-order chi connectivity index (χ1) is 10.9. The maximum absolute atomic E-state index is 13.7.